The van der Waals surface area contributed by atoms with Gasteiger partial charge in [0.2, 0.25) is 0 Å². The Kier molecular flexibility index (Phi) is 5.86. The molecule has 0 spiro atoms. The maximum absolute atomic E-state index is 13.7. The van der Waals surface area contributed by atoms with Gasteiger partial charge in [0, 0.05) is 20.8 Å². The van der Waals surface area contributed by atoms with Gasteiger partial charge in [-0.3, -0.25) is 19.0 Å². The predicted octanol–water partition coefficient (Wildman–Crippen LogP) is 0.588. The van der Waals surface area contributed by atoms with Crippen molar-refractivity contribution in [3.8, 4) is 0 Å². The lowest BCUT2D eigenvalue weighted by molar-refractivity contribution is -0.166. The number of imidazole rings is 1. The third kappa shape index (κ3) is 4.39. The van der Waals surface area contributed by atoms with Crippen LogP contribution in [0.5, 0.6) is 0 Å². The fourth-order valence-electron chi connectivity index (χ4n) is 3.01. The molecule has 0 aliphatic carbocycles. The van der Waals surface area contributed by atoms with Crippen LogP contribution in [0.1, 0.15) is 26.1 Å². The van der Waals surface area contributed by atoms with E-state index in [1.807, 2.05) is 0 Å². The number of rotatable bonds is 5. The van der Waals surface area contributed by atoms with Crippen LogP contribution in [0, 0.1) is 6.08 Å². The van der Waals surface area contributed by atoms with Crippen LogP contribution < -0.4 is 5.73 Å². The molecule has 0 aromatic carbocycles. The lowest BCUT2D eigenvalue weighted by Gasteiger charge is -2.25. The summed E-state index contributed by atoms with van der Waals surface area (Å²) in [6.07, 6.45) is -1.59. The fraction of sp³-hybridized carbons (Fsp3) is 0.500. The maximum atomic E-state index is 13.7. The summed E-state index contributed by atoms with van der Waals surface area (Å²) >= 11 is 1.20. The average Bonchev–Trinajstić information content (AvgIpc) is 3.15. The quantitative estimate of drug-likeness (QED) is 0.406. The second-order valence-corrected chi connectivity index (χ2v) is 7.58. The molecule has 13 heteroatoms. The van der Waals surface area contributed by atoms with Crippen molar-refractivity contribution >= 4 is 46.7 Å². The van der Waals surface area contributed by atoms with Crippen LogP contribution in [-0.2, 0) is 28.6 Å². The molecule has 3 rings (SSSR count). The normalized spacial score (nSPS) is 23.7. The van der Waals surface area contributed by atoms with E-state index in [1.54, 1.807) is 0 Å². The largest absolute Gasteiger partial charge is 0.465 e. The number of hydrogen-bond donors (Lipinski definition) is 1. The molecule has 1 aliphatic heterocycles. The first-order valence-electron chi connectivity index (χ1n) is 8.46. The molecule has 0 bridgehead atoms. The molecule has 11 nitrogen and oxygen atoms in total. The molecule has 0 amide bonds. The number of nitrogens with zero attached hydrogens (tertiary/aromatic N) is 4. The number of nitrogens with two attached hydrogens (primary N) is 1. The highest BCUT2D eigenvalue weighted by atomic mass is 32.2. The molecule has 0 radical (unpaired) electrons. The van der Waals surface area contributed by atoms with E-state index in [1.165, 1.54) is 43.4 Å². The Morgan fingerprint density at radius 2 is 1.79 bits per heavy atom. The van der Waals surface area contributed by atoms with Gasteiger partial charge < -0.3 is 19.9 Å². The Balaban J connectivity index is 2.04. The molecule has 4 atom stereocenters. The van der Waals surface area contributed by atoms with Crippen molar-refractivity contribution in [1.82, 2.24) is 19.5 Å². The van der Waals surface area contributed by atoms with Crippen molar-refractivity contribution in [3.05, 3.63) is 12.4 Å². The Morgan fingerprint density at radius 3 is 2.41 bits per heavy atom. The standard InChI is InChI=1S/C16H18FN5O6S/c1-6(23)26-4-9-11(27-7(2)24)12(28-8(3)25)15(29-9)22-5-19-10-13(18)20-16(17)21-14(10)22/h5,9,11-12,15H,4H2,1-3H3,(H2,18,20,21)/t9-,11-,12+,15+/m1/s1. The Labute approximate surface area is 168 Å². The number of thioether (sulfide) groups is 1. The van der Waals surface area contributed by atoms with E-state index in [0.717, 1.165) is 0 Å². The Bertz CT molecular complexity index is 969. The van der Waals surface area contributed by atoms with Gasteiger partial charge in [-0.25, -0.2) is 4.98 Å². The van der Waals surface area contributed by atoms with E-state index in [0.29, 0.717) is 0 Å². The number of hydrogen-bond acceptors (Lipinski definition) is 11. The number of carbonyl (C=O) groups is 3. The highest BCUT2D eigenvalue weighted by Gasteiger charge is 2.50. The zero-order valence-corrected chi connectivity index (χ0v) is 16.5. The molecule has 0 saturated carbocycles. The predicted molar refractivity (Wildman–Crippen MR) is 97.9 cm³/mol. The minimum absolute atomic E-state index is 0.0827. The smallest absolute Gasteiger partial charge is 0.312 e. The van der Waals surface area contributed by atoms with Gasteiger partial charge in [0.1, 0.15) is 17.5 Å². The van der Waals surface area contributed by atoms with E-state index < -0.39 is 46.8 Å². The lowest BCUT2D eigenvalue weighted by atomic mass is 10.1. The van der Waals surface area contributed by atoms with E-state index in [9.17, 15) is 18.8 Å². The van der Waals surface area contributed by atoms with Crippen molar-refractivity contribution in [1.29, 1.82) is 0 Å². The molecular weight excluding hydrogens is 409 g/mol. The second-order valence-electron chi connectivity index (χ2n) is 6.22. The Morgan fingerprint density at radius 1 is 1.14 bits per heavy atom. The summed E-state index contributed by atoms with van der Waals surface area (Å²) in [6, 6.07) is 0. The molecule has 1 aliphatic rings. The van der Waals surface area contributed by atoms with Crippen LogP contribution in [-0.4, -0.2) is 61.5 Å². The molecule has 2 aromatic heterocycles. The van der Waals surface area contributed by atoms with E-state index in [2.05, 4.69) is 15.0 Å². The van der Waals surface area contributed by atoms with Gasteiger partial charge in [0.05, 0.1) is 11.6 Å². The SMILES string of the molecule is CC(=O)OC[C@H]1S[C@H](n2cnc3c(N)nc(F)nc32)[C@@H](OC(C)=O)[C@@H]1OC(C)=O. The first kappa shape index (κ1) is 20.8. The topological polar surface area (TPSA) is 149 Å². The number of fused-ring (bicyclic) bond motifs is 1. The summed E-state index contributed by atoms with van der Waals surface area (Å²) in [4.78, 5) is 45.8. The summed E-state index contributed by atoms with van der Waals surface area (Å²) in [5.74, 6) is -1.88. The molecule has 156 valence electrons. The fourth-order valence-corrected chi connectivity index (χ4v) is 4.53. The zero-order valence-electron chi connectivity index (χ0n) is 15.7. The van der Waals surface area contributed by atoms with Crippen molar-refractivity contribution < 1.29 is 33.0 Å². The van der Waals surface area contributed by atoms with Crippen LogP contribution in [0.4, 0.5) is 10.2 Å². The highest BCUT2D eigenvalue weighted by molar-refractivity contribution is 8.00. The summed E-state index contributed by atoms with van der Waals surface area (Å²) in [7, 11) is 0. The zero-order chi connectivity index (χ0) is 21.3. The van der Waals surface area contributed by atoms with Gasteiger partial charge >= 0.3 is 24.0 Å². The Hall–Kier alpha value is -2.96. The third-order valence-electron chi connectivity index (χ3n) is 4.04. The number of carbonyl (C=O) groups excluding carboxylic acids is 3. The van der Waals surface area contributed by atoms with E-state index in [4.69, 9.17) is 19.9 Å². The van der Waals surface area contributed by atoms with Crippen LogP contribution >= 0.6 is 11.8 Å². The molecule has 2 N–H and O–H groups in total. The van der Waals surface area contributed by atoms with E-state index in [-0.39, 0.29) is 23.6 Å². The number of aromatic nitrogens is 4. The van der Waals surface area contributed by atoms with Crippen LogP contribution in [0.25, 0.3) is 11.2 Å². The molecule has 1 fully saturated rings. The van der Waals surface area contributed by atoms with Gasteiger partial charge in [-0.15, -0.1) is 11.8 Å². The third-order valence-corrected chi connectivity index (χ3v) is 5.56. The summed E-state index contributed by atoms with van der Waals surface area (Å²) < 4.78 is 31.0. The summed E-state index contributed by atoms with van der Waals surface area (Å²) in [5.41, 5.74) is 5.95. The molecule has 29 heavy (non-hydrogen) atoms. The number of anilines is 1. The number of ether oxygens (including phenoxy) is 3. The monoisotopic (exact) mass is 427 g/mol. The minimum Gasteiger partial charge on any atom is -0.465 e. The van der Waals surface area contributed by atoms with Gasteiger partial charge in [0.25, 0.3) is 0 Å². The molecular formula is C16H18FN5O6S. The van der Waals surface area contributed by atoms with E-state index >= 15 is 0 Å². The maximum Gasteiger partial charge on any atom is 0.312 e. The first-order valence-corrected chi connectivity index (χ1v) is 9.40. The van der Waals surface area contributed by atoms with Crippen LogP contribution in [0.3, 0.4) is 0 Å². The van der Waals surface area contributed by atoms with Gasteiger partial charge in [0.15, 0.2) is 23.7 Å². The second kappa shape index (κ2) is 8.19. The highest BCUT2D eigenvalue weighted by Crippen LogP contribution is 2.46. The molecule has 0 unspecified atom stereocenters. The minimum atomic E-state index is -1.04. The lowest BCUT2D eigenvalue weighted by Crippen LogP contribution is -2.40. The van der Waals surface area contributed by atoms with Crippen LogP contribution in [0.15, 0.2) is 6.33 Å². The molecule has 3 heterocycles. The van der Waals surface area contributed by atoms with Crippen molar-refractivity contribution in [2.24, 2.45) is 0 Å². The van der Waals surface area contributed by atoms with Crippen molar-refractivity contribution in [3.63, 3.8) is 0 Å². The van der Waals surface area contributed by atoms with Gasteiger partial charge in [-0.1, -0.05) is 0 Å². The van der Waals surface area contributed by atoms with Crippen LogP contribution in [0.2, 0.25) is 0 Å². The van der Waals surface area contributed by atoms with Gasteiger partial charge in [-0.05, 0) is 0 Å². The summed E-state index contributed by atoms with van der Waals surface area (Å²) in [6.45, 7) is 3.57. The number of nitrogen functional groups attached to an aromatic ring is 1. The number of esters is 3. The van der Waals surface area contributed by atoms with Gasteiger partial charge in [-0.2, -0.15) is 14.4 Å². The molecule has 1 saturated heterocycles. The van der Waals surface area contributed by atoms with Crippen molar-refractivity contribution in [2.45, 2.75) is 43.6 Å². The average molecular weight is 427 g/mol. The van der Waals surface area contributed by atoms with Crippen molar-refractivity contribution in [2.75, 3.05) is 12.3 Å². The number of halogens is 1. The summed E-state index contributed by atoms with van der Waals surface area (Å²) in [5, 5.41) is -1.26. The molecule has 2 aromatic rings. The first-order chi connectivity index (χ1) is 13.7.